The predicted molar refractivity (Wildman–Crippen MR) is 183 cm³/mol. The summed E-state index contributed by atoms with van der Waals surface area (Å²) in [7, 11) is 0. The van der Waals surface area contributed by atoms with E-state index in [9.17, 15) is 19.8 Å². The first-order valence-corrected chi connectivity index (χ1v) is 15.9. The van der Waals surface area contributed by atoms with Gasteiger partial charge < -0.3 is 10.2 Å². The van der Waals surface area contributed by atoms with Crippen molar-refractivity contribution in [2.75, 3.05) is 11.5 Å². The molecule has 7 rings (SSSR count). The number of fused-ring (bicyclic) bond motifs is 2. The smallest absolute Gasteiger partial charge is 0.279 e. The van der Waals surface area contributed by atoms with E-state index in [1.54, 1.807) is 48.1 Å². The van der Waals surface area contributed by atoms with Crippen LogP contribution in [-0.4, -0.2) is 47.5 Å². The third-order valence-electron chi connectivity index (χ3n) is 9.02. The first kappa shape index (κ1) is 30.9. The fourth-order valence-corrected chi connectivity index (χ4v) is 6.38. The number of carbonyl (C=O) groups is 1. The van der Waals surface area contributed by atoms with E-state index in [1.165, 1.54) is 9.58 Å². The largest absolute Gasteiger partial charge is 0.395 e. The van der Waals surface area contributed by atoms with Crippen molar-refractivity contribution < 1.29 is 15.0 Å². The number of amides is 1. The van der Waals surface area contributed by atoms with Crippen LogP contribution in [0.1, 0.15) is 36.1 Å². The number of nitrogens with zero attached hydrogens (tertiary/aromatic N) is 6. The molecule has 0 saturated heterocycles. The lowest BCUT2D eigenvalue weighted by atomic mass is 9.82. The van der Waals surface area contributed by atoms with Crippen LogP contribution in [0, 0.1) is 5.92 Å². The van der Waals surface area contributed by atoms with Crippen molar-refractivity contribution >= 4 is 28.1 Å². The summed E-state index contributed by atoms with van der Waals surface area (Å²) in [6.07, 6.45) is 7.78. The standard InChI is InChI=1S/C38H34N6O4/c1-26(12-10-11-21-42-24-34(40-41-42)32(25-45)27-13-4-2-5-14-27)38(48)33-22-30(44-36(46)31-18-9-8-15-28(31)23-39-44)19-20-35(33)43(37(38)47)29-16-6-3-7-17-29/h2-10,12-20,22-24,26,32,45,48H,11,21,25H2,1H3/b12-10+/t26-,32?,38+/m1/s1. The summed E-state index contributed by atoms with van der Waals surface area (Å²) in [6, 6.07) is 31.3. The van der Waals surface area contributed by atoms with E-state index in [0.717, 1.165) is 10.9 Å². The van der Waals surface area contributed by atoms with Crippen LogP contribution in [0.25, 0.3) is 16.5 Å². The molecule has 0 aliphatic carbocycles. The minimum absolute atomic E-state index is 0.0819. The van der Waals surface area contributed by atoms with Crippen molar-refractivity contribution in [3.05, 3.63) is 155 Å². The highest BCUT2D eigenvalue weighted by Gasteiger charge is 2.53. The summed E-state index contributed by atoms with van der Waals surface area (Å²) in [5.74, 6) is -1.37. The third kappa shape index (κ3) is 5.40. The van der Waals surface area contributed by atoms with Crippen molar-refractivity contribution in [2.24, 2.45) is 5.92 Å². The highest BCUT2D eigenvalue weighted by molar-refractivity contribution is 6.12. The molecular formula is C38H34N6O4. The Morgan fingerprint density at radius 2 is 1.62 bits per heavy atom. The maximum atomic E-state index is 14.2. The number of anilines is 2. The van der Waals surface area contributed by atoms with Gasteiger partial charge in [0.2, 0.25) is 0 Å². The summed E-state index contributed by atoms with van der Waals surface area (Å²) in [5, 5.41) is 36.5. The second kappa shape index (κ2) is 12.8. The summed E-state index contributed by atoms with van der Waals surface area (Å²) in [5.41, 5.74) is 1.44. The van der Waals surface area contributed by atoms with Gasteiger partial charge in [0.05, 0.1) is 41.2 Å². The number of aromatic nitrogens is 5. The van der Waals surface area contributed by atoms with Gasteiger partial charge in [0.1, 0.15) is 0 Å². The van der Waals surface area contributed by atoms with E-state index < -0.39 is 17.4 Å². The number of hydrogen-bond acceptors (Lipinski definition) is 7. The molecule has 4 aromatic carbocycles. The van der Waals surface area contributed by atoms with Gasteiger partial charge in [-0.3, -0.25) is 19.2 Å². The average molecular weight is 639 g/mol. The molecule has 10 heteroatoms. The summed E-state index contributed by atoms with van der Waals surface area (Å²) in [6.45, 7) is 2.24. The van der Waals surface area contributed by atoms with Gasteiger partial charge in [-0.25, -0.2) is 0 Å². The van der Waals surface area contributed by atoms with Gasteiger partial charge in [0.15, 0.2) is 5.60 Å². The maximum absolute atomic E-state index is 14.2. The number of para-hydroxylation sites is 1. The van der Waals surface area contributed by atoms with Gasteiger partial charge in [-0.1, -0.05) is 91.0 Å². The fraction of sp³-hybridized carbons (Fsp3) is 0.184. The van der Waals surface area contributed by atoms with Crippen molar-refractivity contribution in [1.29, 1.82) is 0 Å². The summed E-state index contributed by atoms with van der Waals surface area (Å²) < 4.78 is 3.02. The predicted octanol–water partition coefficient (Wildman–Crippen LogP) is 5.25. The molecule has 0 radical (unpaired) electrons. The lowest BCUT2D eigenvalue weighted by Crippen LogP contribution is -2.42. The Bertz CT molecular complexity index is 2180. The van der Waals surface area contributed by atoms with Crippen LogP contribution in [0.2, 0.25) is 0 Å². The first-order chi connectivity index (χ1) is 23.4. The number of carbonyl (C=O) groups excluding carboxylic acids is 1. The number of aliphatic hydroxyl groups is 2. The minimum atomic E-state index is -1.91. The number of rotatable bonds is 10. The molecule has 3 atom stereocenters. The van der Waals surface area contributed by atoms with Gasteiger partial charge >= 0.3 is 0 Å². The second-order valence-electron chi connectivity index (χ2n) is 12.0. The van der Waals surface area contributed by atoms with Crippen LogP contribution in [0.15, 0.2) is 132 Å². The number of aliphatic hydroxyl groups excluding tert-OH is 1. The molecule has 10 nitrogen and oxygen atoms in total. The van der Waals surface area contributed by atoms with E-state index >= 15 is 0 Å². The summed E-state index contributed by atoms with van der Waals surface area (Å²) >= 11 is 0. The lowest BCUT2D eigenvalue weighted by Gasteiger charge is -2.27. The zero-order chi connectivity index (χ0) is 33.3. The topological polar surface area (TPSA) is 126 Å². The molecule has 0 bridgehead atoms. The number of aryl methyl sites for hydroxylation is 1. The molecular weight excluding hydrogens is 604 g/mol. The average Bonchev–Trinajstić information content (AvgIpc) is 3.68. The first-order valence-electron chi connectivity index (χ1n) is 15.9. The molecule has 2 aromatic heterocycles. The van der Waals surface area contributed by atoms with Gasteiger partial charge in [-0.2, -0.15) is 9.78 Å². The fourth-order valence-electron chi connectivity index (χ4n) is 6.38. The zero-order valence-corrected chi connectivity index (χ0v) is 26.3. The van der Waals surface area contributed by atoms with Crippen LogP contribution in [0.5, 0.6) is 0 Å². The van der Waals surface area contributed by atoms with E-state index in [4.69, 9.17) is 0 Å². The van der Waals surface area contributed by atoms with Gasteiger partial charge in [0, 0.05) is 35.3 Å². The van der Waals surface area contributed by atoms with Crippen LogP contribution in [0.3, 0.4) is 0 Å². The van der Waals surface area contributed by atoms with Crippen LogP contribution < -0.4 is 10.5 Å². The third-order valence-corrected chi connectivity index (χ3v) is 9.02. The Hall–Kier alpha value is -5.71. The molecule has 240 valence electrons. The highest BCUT2D eigenvalue weighted by atomic mass is 16.3. The molecule has 1 unspecified atom stereocenters. The molecule has 0 spiro atoms. The van der Waals surface area contributed by atoms with Crippen molar-refractivity contribution in [3.63, 3.8) is 0 Å². The van der Waals surface area contributed by atoms with Crippen LogP contribution in [-0.2, 0) is 16.9 Å². The zero-order valence-electron chi connectivity index (χ0n) is 26.3. The molecule has 48 heavy (non-hydrogen) atoms. The Labute approximate surface area is 276 Å². The second-order valence-corrected chi connectivity index (χ2v) is 12.0. The SMILES string of the molecule is C[C@H](/C=C/CCn1cc(C(CO)c2ccccc2)nn1)[C@@]1(O)C(=O)N(c2ccccc2)c2ccc(-n3ncc4ccccc4c3=O)cc21. The molecule has 0 fully saturated rings. The summed E-state index contributed by atoms with van der Waals surface area (Å²) in [4.78, 5) is 29.1. The number of hydrogen-bond donors (Lipinski definition) is 2. The molecule has 1 aliphatic heterocycles. The van der Waals surface area contributed by atoms with Gasteiger partial charge in [0.25, 0.3) is 11.5 Å². The Morgan fingerprint density at radius 3 is 2.40 bits per heavy atom. The van der Waals surface area contributed by atoms with Crippen molar-refractivity contribution in [1.82, 2.24) is 24.8 Å². The van der Waals surface area contributed by atoms with Crippen LogP contribution in [0.4, 0.5) is 11.4 Å². The number of allylic oxidation sites excluding steroid dienone is 1. The van der Waals surface area contributed by atoms with E-state index in [1.807, 2.05) is 91.1 Å². The molecule has 2 N–H and O–H groups in total. The van der Waals surface area contributed by atoms with E-state index in [2.05, 4.69) is 15.4 Å². The number of benzene rings is 4. The maximum Gasteiger partial charge on any atom is 0.279 e. The Balaban J connectivity index is 1.17. The van der Waals surface area contributed by atoms with Gasteiger partial charge in [-0.15, -0.1) is 5.10 Å². The van der Waals surface area contributed by atoms with E-state index in [-0.39, 0.29) is 18.1 Å². The monoisotopic (exact) mass is 638 g/mol. The Morgan fingerprint density at radius 1 is 0.896 bits per heavy atom. The van der Waals surface area contributed by atoms with Crippen molar-refractivity contribution in [3.8, 4) is 5.69 Å². The molecule has 1 amide bonds. The van der Waals surface area contributed by atoms with Crippen molar-refractivity contribution in [2.45, 2.75) is 31.4 Å². The quantitative estimate of drug-likeness (QED) is 0.196. The van der Waals surface area contributed by atoms with Gasteiger partial charge in [-0.05, 0) is 48.4 Å². The molecule has 6 aromatic rings. The Kier molecular flexibility index (Phi) is 8.26. The van der Waals surface area contributed by atoms with Crippen LogP contribution >= 0.6 is 0 Å². The normalized spacial score (nSPS) is 17.2. The lowest BCUT2D eigenvalue weighted by molar-refractivity contribution is -0.138. The minimum Gasteiger partial charge on any atom is -0.395 e. The van der Waals surface area contributed by atoms with E-state index in [0.29, 0.717) is 46.7 Å². The molecule has 0 saturated carbocycles. The molecule has 3 heterocycles. The molecule has 1 aliphatic rings. The highest BCUT2D eigenvalue weighted by Crippen LogP contribution is 2.48.